The maximum Gasteiger partial charge on any atom is 0.418 e. The lowest BCUT2D eigenvalue weighted by Gasteiger charge is -2.15. The molecule has 4 nitrogen and oxygen atoms in total. The van der Waals surface area contributed by atoms with Crippen molar-refractivity contribution >= 4 is 22.0 Å². The number of benzene rings is 2. The first-order valence-electron chi connectivity index (χ1n) is 7.47. The second-order valence-electron chi connectivity index (χ2n) is 5.66. The number of alkyl halides is 3. The number of rotatable bonds is 1. The predicted octanol–water partition coefficient (Wildman–Crippen LogP) is 4.48. The Hall–Kier alpha value is -3.09. The summed E-state index contributed by atoms with van der Waals surface area (Å²) in [5.41, 5.74) is -0.576. The number of nitrogens with one attached hydrogen (secondary N) is 1. The molecule has 2 aromatic carbocycles. The molecule has 2 heterocycles. The van der Waals surface area contributed by atoms with Crippen LogP contribution in [0.1, 0.15) is 5.56 Å². The smallest absolute Gasteiger partial charge is 0.418 e. The molecule has 126 valence electrons. The van der Waals surface area contributed by atoms with Crippen molar-refractivity contribution in [2.75, 3.05) is 0 Å². The number of hydrogen-bond acceptors (Lipinski definition) is 3. The molecule has 0 amide bonds. The SMILES string of the molecule is Cn1c(-c2c(C(F)(F)F)c3ccccc3oc2=N)nc2ccccc21. The van der Waals surface area contributed by atoms with Crippen LogP contribution >= 0.6 is 0 Å². The van der Waals surface area contributed by atoms with Crippen molar-refractivity contribution in [2.24, 2.45) is 7.05 Å². The van der Waals surface area contributed by atoms with Gasteiger partial charge < -0.3 is 8.98 Å². The van der Waals surface area contributed by atoms with Crippen LogP contribution in [-0.4, -0.2) is 9.55 Å². The van der Waals surface area contributed by atoms with Crippen LogP contribution in [0.2, 0.25) is 0 Å². The fourth-order valence-electron chi connectivity index (χ4n) is 3.05. The minimum absolute atomic E-state index is 0.0161. The van der Waals surface area contributed by atoms with Crippen LogP contribution in [0.5, 0.6) is 0 Å². The zero-order valence-corrected chi connectivity index (χ0v) is 13.1. The third-order valence-corrected chi connectivity index (χ3v) is 4.14. The molecular weight excluding hydrogens is 331 g/mol. The first-order valence-corrected chi connectivity index (χ1v) is 7.47. The third kappa shape index (κ3) is 2.31. The van der Waals surface area contributed by atoms with E-state index in [4.69, 9.17) is 9.83 Å². The van der Waals surface area contributed by atoms with Crippen LogP contribution in [0.15, 0.2) is 52.9 Å². The Morgan fingerprint density at radius 1 is 1.04 bits per heavy atom. The van der Waals surface area contributed by atoms with Crippen LogP contribution < -0.4 is 5.55 Å². The lowest BCUT2D eigenvalue weighted by molar-refractivity contribution is -0.136. The first kappa shape index (κ1) is 15.4. The summed E-state index contributed by atoms with van der Waals surface area (Å²) in [6.07, 6.45) is -4.65. The Balaban J connectivity index is 2.19. The Bertz CT molecular complexity index is 1170. The van der Waals surface area contributed by atoms with Crippen LogP contribution in [-0.2, 0) is 13.2 Å². The van der Waals surface area contributed by atoms with Gasteiger partial charge >= 0.3 is 6.18 Å². The molecule has 25 heavy (non-hydrogen) atoms. The van der Waals surface area contributed by atoms with E-state index in [9.17, 15) is 13.2 Å². The molecule has 0 bridgehead atoms. The topological polar surface area (TPSA) is 54.8 Å². The minimum atomic E-state index is -4.65. The second kappa shape index (κ2) is 5.20. The van der Waals surface area contributed by atoms with Gasteiger partial charge in [-0.3, -0.25) is 5.41 Å². The summed E-state index contributed by atoms with van der Waals surface area (Å²) >= 11 is 0. The molecule has 0 aliphatic carbocycles. The number of aromatic nitrogens is 2. The summed E-state index contributed by atoms with van der Waals surface area (Å²) in [7, 11) is 1.62. The van der Waals surface area contributed by atoms with E-state index in [0.29, 0.717) is 11.0 Å². The van der Waals surface area contributed by atoms with E-state index in [1.54, 1.807) is 41.9 Å². The molecule has 0 aliphatic rings. The molecule has 0 fully saturated rings. The van der Waals surface area contributed by atoms with E-state index in [-0.39, 0.29) is 22.4 Å². The van der Waals surface area contributed by atoms with Crippen molar-refractivity contribution in [1.29, 1.82) is 5.41 Å². The molecule has 0 aliphatic heterocycles. The average molecular weight is 343 g/mol. The molecule has 4 aromatic rings. The summed E-state index contributed by atoms with van der Waals surface area (Å²) in [5, 5.41) is 7.97. The zero-order chi connectivity index (χ0) is 17.8. The molecule has 0 saturated carbocycles. The van der Waals surface area contributed by atoms with Crippen molar-refractivity contribution in [3.05, 3.63) is 59.6 Å². The minimum Gasteiger partial charge on any atom is -0.438 e. The van der Waals surface area contributed by atoms with E-state index in [0.717, 1.165) is 0 Å². The number of para-hydroxylation sites is 3. The summed E-state index contributed by atoms with van der Waals surface area (Å²) in [5.74, 6) is 0.0491. The molecule has 0 atom stereocenters. The van der Waals surface area contributed by atoms with Gasteiger partial charge in [0, 0.05) is 12.4 Å². The number of aryl methyl sites for hydroxylation is 1. The summed E-state index contributed by atoms with van der Waals surface area (Å²) in [6.45, 7) is 0. The quantitative estimate of drug-likeness (QED) is 0.554. The van der Waals surface area contributed by atoms with Crippen molar-refractivity contribution in [1.82, 2.24) is 9.55 Å². The van der Waals surface area contributed by atoms with Crippen LogP contribution in [0.3, 0.4) is 0 Å². The Morgan fingerprint density at radius 2 is 1.72 bits per heavy atom. The fourth-order valence-corrected chi connectivity index (χ4v) is 3.05. The highest BCUT2D eigenvalue weighted by Gasteiger charge is 2.38. The fraction of sp³-hybridized carbons (Fsp3) is 0.111. The molecule has 0 unspecified atom stereocenters. The number of nitrogens with zero attached hydrogens (tertiary/aromatic N) is 2. The number of imidazole rings is 1. The molecule has 0 saturated heterocycles. The highest BCUT2D eigenvalue weighted by atomic mass is 19.4. The van der Waals surface area contributed by atoms with E-state index < -0.39 is 17.3 Å². The monoisotopic (exact) mass is 343 g/mol. The van der Waals surface area contributed by atoms with Crippen LogP contribution in [0.4, 0.5) is 13.2 Å². The standard InChI is InChI=1S/C18H12F3N3O/c1-24-12-8-4-3-7-11(12)23-17(24)14-15(18(19,20)21)10-6-2-5-9-13(10)25-16(14)22/h2-9,22H,1H3. The molecule has 0 spiro atoms. The van der Waals surface area contributed by atoms with Gasteiger partial charge in [-0.15, -0.1) is 0 Å². The summed E-state index contributed by atoms with van der Waals surface area (Å²) in [4.78, 5) is 4.31. The number of hydrogen-bond donors (Lipinski definition) is 1. The Morgan fingerprint density at radius 3 is 2.44 bits per heavy atom. The van der Waals surface area contributed by atoms with E-state index >= 15 is 0 Å². The van der Waals surface area contributed by atoms with Gasteiger partial charge in [0.05, 0.1) is 22.2 Å². The predicted molar refractivity (Wildman–Crippen MR) is 86.8 cm³/mol. The lowest BCUT2D eigenvalue weighted by Crippen LogP contribution is -2.17. The molecule has 2 aromatic heterocycles. The molecule has 7 heteroatoms. The van der Waals surface area contributed by atoms with Gasteiger partial charge in [-0.05, 0) is 18.2 Å². The largest absolute Gasteiger partial charge is 0.438 e. The molecule has 4 rings (SSSR count). The molecule has 0 radical (unpaired) electrons. The van der Waals surface area contributed by atoms with E-state index in [2.05, 4.69) is 4.98 Å². The van der Waals surface area contributed by atoms with Crippen LogP contribution in [0.25, 0.3) is 33.4 Å². The lowest BCUT2D eigenvalue weighted by atomic mass is 10.0. The average Bonchev–Trinajstić information content (AvgIpc) is 2.89. The van der Waals surface area contributed by atoms with E-state index in [1.807, 2.05) is 0 Å². The first-order chi connectivity index (χ1) is 11.9. The van der Waals surface area contributed by atoms with Crippen molar-refractivity contribution in [2.45, 2.75) is 6.18 Å². The van der Waals surface area contributed by atoms with Gasteiger partial charge in [-0.2, -0.15) is 13.2 Å². The molecular formula is C18H12F3N3O. The second-order valence-corrected chi connectivity index (χ2v) is 5.66. The van der Waals surface area contributed by atoms with Crippen LogP contribution in [0, 0.1) is 5.41 Å². The highest BCUT2D eigenvalue weighted by molar-refractivity contribution is 5.88. The molecule has 1 N–H and O–H groups in total. The number of halogens is 3. The van der Waals surface area contributed by atoms with Crippen molar-refractivity contribution < 1.29 is 17.6 Å². The number of fused-ring (bicyclic) bond motifs is 2. The Kier molecular flexibility index (Phi) is 3.21. The third-order valence-electron chi connectivity index (χ3n) is 4.14. The van der Waals surface area contributed by atoms with Gasteiger partial charge in [0.15, 0.2) is 0 Å². The zero-order valence-electron chi connectivity index (χ0n) is 13.1. The summed E-state index contributed by atoms with van der Waals surface area (Å²) < 4.78 is 48.5. The van der Waals surface area contributed by atoms with Gasteiger partial charge in [-0.1, -0.05) is 30.3 Å². The normalized spacial score (nSPS) is 12.2. The summed E-state index contributed by atoms with van der Waals surface area (Å²) in [6, 6.07) is 12.9. The van der Waals surface area contributed by atoms with E-state index in [1.165, 1.54) is 18.2 Å². The van der Waals surface area contributed by atoms with Gasteiger partial charge in [0.1, 0.15) is 11.4 Å². The maximum atomic E-state index is 13.9. The van der Waals surface area contributed by atoms with Gasteiger partial charge in [0.2, 0.25) is 5.55 Å². The van der Waals surface area contributed by atoms with Crippen molar-refractivity contribution in [3.8, 4) is 11.4 Å². The Labute approximate surface area is 139 Å². The van der Waals surface area contributed by atoms with Gasteiger partial charge in [-0.25, -0.2) is 4.98 Å². The maximum absolute atomic E-state index is 13.9. The highest BCUT2D eigenvalue weighted by Crippen LogP contribution is 2.40. The van der Waals surface area contributed by atoms with Gasteiger partial charge in [0.25, 0.3) is 0 Å². The van der Waals surface area contributed by atoms with Crippen molar-refractivity contribution in [3.63, 3.8) is 0 Å².